The maximum Gasteiger partial charge on any atom is 0.326 e. The van der Waals surface area contributed by atoms with Crippen LogP contribution in [0.1, 0.15) is 27.0 Å². The Morgan fingerprint density at radius 1 is 0.933 bits per heavy atom. The number of carbonyl (C=O) groups excluding carboxylic acids is 2. The highest BCUT2D eigenvalue weighted by molar-refractivity contribution is 6.33. The number of aliphatic carboxylic acids is 1. The Morgan fingerprint density at radius 3 is 2.31 bits per heavy atom. The van der Waals surface area contributed by atoms with E-state index in [9.17, 15) is 19.5 Å². The topological polar surface area (TPSA) is 118 Å². The average molecular weight is 598 g/mol. The van der Waals surface area contributed by atoms with E-state index in [1.807, 2.05) is 97.9 Å². The van der Waals surface area contributed by atoms with Gasteiger partial charge >= 0.3 is 5.97 Å². The van der Waals surface area contributed by atoms with Gasteiger partial charge in [-0.25, -0.2) is 9.79 Å². The molecule has 6 rings (SSSR count). The highest BCUT2D eigenvalue weighted by Crippen LogP contribution is 2.29. The van der Waals surface area contributed by atoms with Crippen LogP contribution in [0.15, 0.2) is 120 Å². The Balaban J connectivity index is 1.24. The molecule has 0 bridgehead atoms. The van der Waals surface area contributed by atoms with Crippen LogP contribution in [-0.4, -0.2) is 53.8 Å². The Morgan fingerprint density at radius 2 is 1.62 bits per heavy atom. The molecule has 0 saturated heterocycles. The quantitative estimate of drug-likeness (QED) is 0.194. The number of nitrogens with zero attached hydrogens (tertiary/aromatic N) is 3. The van der Waals surface area contributed by atoms with Crippen LogP contribution in [-0.2, 0) is 16.0 Å². The molecule has 1 aliphatic heterocycles. The van der Waals surface area contributed by atoms with Gasteiger partial charge in [0.25, 0.3) is 11.8 Å². The third kappa shape index (κ3) is 6.09. The van der Waals surface area contributed by atoms with Crippen LogP contribution in [0.5, 0.6) is 0 Å². The lowest BCUT2D eigenvalue weighted by Crippen LogP contribution is -2.42. The van der Waals surface area contributed by atoms with Crippen LogP contribution in [0.3, 0.4) is 0 Å². The number of hydrogen-bond acceptors (Lipinski definition) is 5. The summed E-state index contributed by atoms with van der Waals surface area (Å²) in [5.74, 6) is -1.49. The molecule has 0 fully saturated rings. The second-order valence-corrected chi connectivity index (χ2v) is 10.9. The van der Waals surface area contributed by atoms with Crippen LogP contribution < -0.4 is 15.1 Å². The van der Waals surface area contributed by atoms with Gasteiger partial charge in [-0.3, -0.25) is 14.5 Å². The van der Waals surface area contributed by atoms with E-state index in [0.29, 0.717) is 11.5 Å². The summed E-state index contributed by atoms with van der Waals surface area (Å²) < 4.78 is 0. The number of aliphatic imine (C=N–C) groups is 1. The Kier molecular flexibility index (Phi) is 7.99. The van der Waals surface area contributed by atoms with Crippen molar-refractivity contribution in [1.82, 2.24) is 10.3 Å². The normalized spacial score (nSPS) is 14.4. The molecular formula is C36H31N5O4. The standard InChI is InChI=1S/C36H31N5O4/c1-40(2)27-16-12-23(13-17-27)20-31-35(43)41(33(38-31)24-8-4-3-5-9-24)28-18-14-25(15-19-28)34(42)39-32(36(44)45)21-26-22-37-30-11-7-6-10-29(26)30/h3-20,22,32,37H,21H2,1-2H3,(H,39,42)(H,44,45)/b31-20-. The van der Waals surface area contributed by atoms with Gasteiger partial charge < -0.3 is 20.3 Å². The number of para-hydroxylation sites is 1. The molecule has 2 amide bonds. The molecule has 2 heterocycles. The van der Waals surface area contributed by atoms with E-state index in [1.165, 1.54) is 4.90 Å². The fraction of sp³-hybridized carbons (Fsp3) is 0.111. The van der Waals surface area contributed by atoms with Crippen molar-refractivity contribution in [2.45, 2.75) is 12.5 Å². The highest BCUT2D eigenvalue weighted by Gasteiger charge is 2.32. The van der Waals surface area contributed by atoms with Gasteiger partial charge in [0.05, 0.1) is 5.69 Å². The Labute approximate surface area is 260 Å². The molecule has 1 atom stereocenters. The van der Waals surface area contributed by atoms with Crippen LogP contribution in [0.4, 0.5) is 11.4 Å². The predicted molar refractivity (Wildman–Crippen MR) is 177 cm³/mol. The van der Waals surface area contributed by atoms with Crippen molar-refractivity contribution in [2.24, 2.45) is 4.99 Å². The lowest BCUT2D eigenvalue weighted by atomic mass is 10.0. The number of nitrogens with one attached hydrogen (secondary N) is 2. The predicted octanol–water partition coefficient (Wildman–Crippen LogP) is 5.49. The first kappa shape index (κ1) is 29.1. The van der Waals surface area contributed by atoms with Crippen molar-refractivity contribution in [1.29, 1.82) is 0 Å². The van der Waals surface area contributed by atoms with E-state index in [4.69, 9.17) is 4.99 Å². The molecule has 4 aromatic carbocycles. The molecule has 9 nitrogen and oxygen atoms in total. The number of amidine groups is 1. The van der Waals surface area contributed by atoms with Crippen molar-refractivity contribution in [3.8, 4) is 0 Å². The molecule has 0 saturated carbocycles. The fourth-order valence-corrected chi connectivity index (χ4v) is 5.29. The number of amides is 2. The van der Waals surface area contributed by atoms with E-state index in [0.717, 1.165) is 33.3 Å². The zero-order chi connectivity index (χ0) is 31.5. The number of benzene rings is 4. The summed E-state index contributed by atoms with van der Waals surface area (Å²) in [5.41, 5.74) is 5.43. The molecule has 1 aromatic heterocycles. The molecule has 0 spiro atoms. The zero-order valence-electron chi connectivity index (χ0n) is 24.8. The molecule has 45 heavy (non-hydrogen) atoms. The maximum atomic E-state index is 13.7. The molecule has 0 aliphatic carbocycles. The van der Waals surface area contributed by atoms with E-state index in [-0.39, 0.29) is 23.6 Å². The van der Waals surface area contributed by atoms with Crippen molar-refractivity contribution < 1.29 is 19.5 Å². The lowest BCUT2D eigenvalue weighted by molar-refractivity contribution is -0.139. The van der Waals surface area contributed by atoms with Gasteiger partial charge in [-0.15, -0.1) is 0 Å². The number of aromatic nitrogens is 1. The van der Waals surface area contributed by atoms with Crippen molar-refractivity contribution in [3.05, 3.63) is 137 Å². The van der Waals surface area contributed by atoms with Crippen molar-refractivity contribution in [3.63, 3.8) is 0 Å². The number of hydrogen-bond donors (Lipinski definition) is 3. The molecule has 1 unspecified atom stereocenters. The number of fused-ring (bicyclic) bond motifs is 1. The summed E-state index contributed by atoms with van der Waals surface area (Å²) in [7, 11) is 3.93. The van der Waals surface area contributed by atoms with Gasteiger partial charge in [0.15, 0.2) is 0 Å². The number of carboxylic acid groups (broad SMARTS) is 1. The number of rotatable bonds is 9. The minimum atomic E-state index is -1.13. The average Bonchev–Trinajstić information content (AvgIpc) is 3.61. The molecule has 0 radical (unpaired) electrons. The van der Waals surface area contributed by atoms with E-state index < -0.39 is 17.9 Å². The van der Waals surface area contributed by atoms with Gasteiger partial charge in [-0.2, -0.15) is 0 Å². The fourth-order valence-electron chi connectivity index (χ4n) is 5.29. The van der Waals surface area contributed by atoms with Gasteiger partial charge in [0.2, 0.25) is 0 Å². The van der Waals surface area contributed by atoms with Gasteiger partial charge in [-0.1, -0.05) is 60.7 Å². The number of carbonyl (C=O) groups is 3. The van der Waals surface area contributed by atoms with Crippen LogP contribution in [0.25, 0.3) is 17.0 Å². The van der Waals surface area contributed by atoms with E-state index in [1.54, 1.807) is 36.5 Å². The third-order valence-electron chi connectivity index (χ3n) is 7.70. The van der Waals surface area contributed by atoms with Crippen LogP contribution >= 0.6 is 0 Å². The van der Waals surface area contributed by atoms with Gasteiger partial charge in [0, 0.05) is 54.4 Å². The zero-order valence-corrected chi connectivity index (χ0v) is 24.8. The monoisotopic (exact) mass is 597 g/mol. The maximum absolute atomic E-state index is 13.7. The molecule has 3 N–H and O–H groups in total. The number of aromatic amines is 1. The summed E-state index contributed by atoms with van der Waals surface area (Å²) in [6.07, 6.45) is 3.64. The van der Waals surface area contributed by atoms with Crippen molar-refractivity contribution >= 4 is 52.0 Å². The first-order valence-electron chi connectivity index (χ1n) is 14.4. The second-order valence-electron chi connectivity index (χ2n) is 10.9. The first-order valence-corrected chi connectivity index (χ1v) is 14.4. The van der Waals surface area contributed by atoms with Crippen LogP contribution in [0, 0.1) is 0 Å². The Hall–Kier alpha value is -5.96. The minimum absolute atomic E-state index is 0.120. The molecule has 1 aliphatic rings. The van der Waals surface area contributed by atoms with Gasteiger partial charge in [0.1, 0.15) is 17.6 Å². The third-order valence-corrected chi connectivity index (χ3v) is 7.70. The molecular weight excluding hydrogens is 566 g/mol. The molecule has 9 heteroatoms. The number of anilines is 2. The van der Waals surface area contributed by atoms with E-state index in [2.05, 4.69) is 10.3 Å². The van der Waals surface area contributed by atoms with E-state index >= 15 is 0 Å². The Bertz CT molecular complexity index is 1940. The SMILES string of the molecule is CN(C)c1ccc(/C=C2\N=C(c3ccccc3)N(c3ccc(C(=O)NC(Cc4c[nH]c5ccccc45)C(=O)O)cc3)C2=O)cc1. The number of carboxylic acids is 1. The summed E-state index contributed by atoms with van der Waals surface area (Å²) in [6, 6.07) is 30.2. The summed E-state index contributed by atoms with van der Waals surface area (Å²) in [5, 5.41) is 13.4. The summed E-state index contributed by atoms with van der Waals surface area (Å²) >= 11 is 0. The second kappa shape index (κ2) is 12.3. The summed E-state index contributed by atoms with van der Waals surface area (Å²) in [6.45, 7) is 0. The number of H-pyrrole nitrogens is 1. The largest absolute Gasteiger partial charge is 0.480 e. The van der Waals surface area contributed by atoms with Crippen molar-refractivity contribution in [2.75, 3.05) is 23.9 Å². The van der Waals surface area contributed by atoms with Crippen LogP contribution in [0.2, 0.25) is 0 Å². The smallest absolute Gasteiger partial charge is 0.326 e. The summed E-state index contributed by atoms with van der Waals surface area (Å²) in [4.78, 5) is 50.4. The highest BCUT2D eigenvalue weighted by atomic mass is 16.4. The molecule has 224 valence electrons. The minimum Gasteiger partial charge on any atom is -0.480 e. The lowest BCUT2D eigenvalue weighted by Gasteiger charge is -2.19. The first-order chi connectivity index (χ1) is 21.8. The molecule has 5 aromatic rings. The van der Waals surface area contributed by atoms with Gasteiger partial charge in [-0.05, 0) is 59.7 Å².